The van der Waals surface area contributed by atoms with Crippen LogP contribution in [0.4, 0.5) is 10.5 Å². The van der Waals surface area contributed by atoms with Gasteiger partial charge in [0.05, 0.1) is 11.5 Å². The van der Waals surface area contributed by atoms with Crippen molar-refractivity contribution in [2.24, 2.45) is 0 Å². The summed E-state index contributed by atoms with van der Waals surface area (Å²) in [5.74, 6) is 0.281. The number of amidine groups is 1. The average Bonchev–Trinajstić information content (AvgIpc) is 2.45. The molecule has 20 heavy (non-hydrogen) atoms. The molecule has 2 N–H and O–H groups in total. The predicted octanol–water partition coefficient (Wildman–Crippen LogP) is 1.11. The molecule has 1 aromatic rings. The first-order valence-electron chi connectivity index (χ1n) is 6.02. The van der Waals surface area contributed by atoms with Crippen LogP contribution in [0.25, 0.3) is 0 Å². The van der Waals surface area contributed by atoms with E-state index in [1.54, 1.807) is 12.1 Å². The molecule has 1 aromatic carbocycles. The van der Waals surface area contributed by atoms with Gasteiger partial charge < -0.3 is 10.1 Å². The Bertz CT molecular complexity index is 529. The van der Waals surface area contributed by atoms with E-state index in [9.17, 15) is 14.9 Å². The number of carbonyl (C=O) groups excluding carboxylic acids is 1. The van der Waals surface area contributed by atoms with Crippen LogP contribution in [0, 0.1) is 15.5 Å². The normalized spacial score (nSPS) is 14.6. The molecule has 1 saturated heterocycles. The lowest BCUT2D eigenvalue weighted by molar-refractivity contribution is -0.384. The second-order valence-corrected chi connectivity index (χ2v) is 4.31. The Labute approximate surface area is 115 Å². The summed E-state index contributed by atoms with van der Waals surface area (Å²) in [6.45, 7) is 1.28. The summed E-state index contributed by atoms with van der Waals surface area (Å²) in [6, 6.07) is 5.82. The van der Waals surface area contributed by atoms with Crippen LogP contribution >= 0.6 is 0 Å². The van der Waals surface area contributed by atoms with Gasteiger partial charge in [-0.2, -0.15) is 0 Å². The van der Waals surface area contributed by atoms with Crippen molar-refractivity contribution in [3.63, 3.8) is 0 Å². The number of benzene rings is 1. The first-order chi connectivity index (χ1) is 9.56. The molecule has 1 heterocycles. The first kappa shape index (κ1) is 13.8. The maximum Gasteiger partial charge on any atom is 0.410 e. The number of carbonyl (C=O) groups is 1. The summed E-state index contributed by atoms with van der Waals surface area (Å²) < 4.78 is 5.11. The summed E-state index contributed by atoms with van der Waals surface area (Å²) in [5.41, 5.74) is 0.671. The van der Waals surface area contributed by atoms with Crippen molar-refractivity contribution >= 4 is 17.6 Å². The number of nitro benzene ring substituents is 1. The number of ether oxygens (including phenoxy) is 1. The van der Waals surface area contributed by atoms with Gasteiger partial charge in [0.2, 0.25) is 0 Å². The largest absolute Gasteiger partial charge is 0.445 e. The highest BCUT2D eigenvalue weighted by Gasteiger charge is 2.20. The van der Waals surface area contributed by atoms with Crippen molar-refractivity contribution < 1.29 is 14.5 Å². The van der Waals surface area contributed by atoms with E-state index in [1.807, 2.05) is 0 Å². The lowest BCUT2D eigenvalue weighted by Crippen LogP contribution is -2.49. The number of nitrogens with zero attached hydrogens (tertiary/aromatic N) is 2. The molecule has 0 spiro atoms. The minimum Gasteiger partial charge on any atom is -0.445 e. The van der Waals surface area contributed by atoms with Gasteiger partial charge in [0, 0.05) is 25.2 Å². The van der Waals surface area contributed by atoms with Crippen LogP contribution in [0.2, 0.25) is 0 Å². The van der Waals surface area contributed by atoms with Crippen molar-refractivity contribution in [3.8, 4) is 0 Å². The number of amides is 1. The first-order valence-corrected chi connectivity index (χ1v) is 6.02. The topological polar surface area (TPSA) is 109 Å². The zero-order valence-corrected chi connectivity index (χ0v) is 10.7. The fourth-order valence-electron chi connectivity index (χ4n) is 1.77. The molecule has 1 aliphatic rings. The zero-order chi connectivity index (χ0) is 14.5. The number of nitro groups is 1. The van der Waals surface area contributed by atoms with Gasteiger partial charge in [0.1, 0.15) is 12.4 Å². The molecular weight excluding hydrogens is 264 g/mol. The maximum absolute atomic E-state index is 11.8. The molecule has 106 valence electrons. The van der Waals surface area contributed by atoms with Crippen LogP contribution in [0.1, 0.15) is 5.56 Å². The number of rotatable bonds is 3. The smallest absolute Gasteiger partial charge is 0.410 e. The zero-order valence-electron chi connectivity index (χ0n) is 10.7. The minimum absolute atomic E-state index is 0.00405. The van der Waals surface area contributed by atoms with Crippen LogP contribution < -0.4 is 5.32 Å². The van der Waals surface area contributed by atoms with Crippen molar-refractivity contribution in [2.75, 3.05) is 19.6 Å². The summed E-state index contributed by atoms with van der Waals surface area (Å²) in [6.07, 6.45) is -0.491. The van der Waals surface area contributed by atoms with E-state index in [1.165, 1.54) is 17.0 Å². The molecule has 0 unspecified atom stereocenters. The fraction of sp³-hybridized carbons (Fsp3) is 0.333. The second-order valence-electron chi connectivity index (χ2n) is 4.31. The molecule has 0 aliphatic carbocycles. The lowest BCUT2D eigenvalue weighted by atomic mass is 10.2. The van der Waals surface area contributed by atoms with E-state index in [4.69, 9.17) is 10.1 Å². The number of nitrogens with one attached hydrogen (secondary N) is 2. The SMILES string of the molecule is N=C1CN(C(=O)OCc2ccc([N+](=O)[O-])cc2)CCN1. The van der Waals surface area contributed by atoms with E-state index in [0.717, 1.165) is 0 Å². The van der Waals surface area contributed by atoms with Crippen LogP contribution in [0.5, 0.6) is 0 Å². The number of hydrogen-bond donors (Lipinski definition) is 2. The highest BCUT2D eigenvalue weighted by atomic mass is 16.6. The van der Waals surface area contributed by atoms with Gasteiger partial charge in [-0.05, 0) is 17.7 Å². The molecule has 1 fully saturated rings. The third kappa shape index (κ3) is 3.44. The minimum atomic E-state index is -0.491. The maximum atomic E-state index is 11.8. The van der Waals surface area contributed by atoms with Gasteiger partial charge in [0.25, 0.3) is 5.69 Å². The van der Waals surface area contributed by atoms with Gasteiger partial charge in [-0.1, -0.05) is 0 Å². The van der Waals surface area contributed by atoms with Crippen molar-refractivity contribution in [1.29, 1.82) is 5.41 Å². The molecule has 1 amide bonds. The van der Waals surface area contributed by atoms with Gasteiger partial charge in [-0.15, -0.1) is 0 Å². The number of hydrogen-bond acceptors (Lipinski definition) is 5. The molecule has 0 radical (unpaired) electrons. The lowest BCUT2D eigenvalue weighted by Gasteiger charge is -2.27. The highest BCUT2D eigenvalue weighted by molar-refractivity contribution is 5.85. The van der Waals surface area contributed by atoms with Crippen LogP contribution in [0.15, 0.2) is 24.3 Å². The van der Waals surface area contributed by atoms with E-state index in [0.29, 0.717) is 18.7 Å². The molecule has 0 bridgehead atoms. The quantitative estimate of drug-likeness (QED) is 0.636. The fourth-order valence-corrected chi connectivity index (χ4v) is 1.77. The van der Waals surface area contributed by atoms with Crippen LogP contribution in [0.3, 0.4) is 0 Å². The third-order valence-corrected chi connectivity index (χ3v) is 2.84. The Kier molecular flexibility index (Phi) is 4.14. The Morgan fingerprint density at radius 3 is 2.75 bits per heavy atom. The number of piperazine rings is 1. The molecule has 1 aliphatic heterocycles. The van der Waals surface area contributed by atoms with Crippen molar-refractivity contribution in [3.05, 3.63) is 39.9 Å². The molecule has 0 aromatic heterocycles. The van der Waals surface area contributed by atoms with Crippen molar-refractivity contribution in [2.45, 2.75) is 6.61 Å². The van der Waals surface area contributed by atoms with E-state index >= 15 is 0 Å². The van der Waals surface area contributed by atoms with Crippen molar-refractivity contribution in [1.82, 2.24) is 10.2 Å². The molecule has 0 saturated carbocycles. The Hall–Kier alpha value is -2.64. The summed E-state index contributed by atoms with van der Waals surface area (Å²) in [5, 5.41) is 20.8. The Morgan fingerprint density at radius 2 is 2.15 bits per heavy atom. The molecular formula is C12H14N4O4. The van der Waals surface area contributed by atoms with Gasteiger partial charge in [0.15, 0.2) is 0 Å². The second kappa shape index (κ2) is 6.00. The molecule has 0 atom stereocenters. The average molecular weight is 278 g/mol. The van der Waals surface area contributed by atoms with Crippen LogP contribution in [-0.4, -0.2) is 41.4 Å². The molecule has 8 heteroatoms. The van der Waals surface area contributed by atoms with E-state index < -0.39 is 11.0 Å². The summed E-state index contributed by atoms with van der Waals surface area (Å²) in [4.78, 5) is 23.2. The predicted molar refractivity (Wildman–Crippen MR) is 70.6 cm³/mol. The number of non-ortho nitro benzene ring substituents is 1. The van der Waals surface area contributed by atoms with Gasteiger partial charge in [-0.25, -0.2) is 4.79 Å². The van der Waals surface area contributed by atoms with Gasteiger partial charge in [-0.3, -0.25) is 20.4 Å². The summed E-state index contributed by atoms with van der Waals surface area (Å²) in [7, 11) is 0. The monoisotopic (exact) mass is 278 g/mol. The Morgan fingerprint density at radius 1 is 1.45 bits per heavy atom. The van der Waals surface area contributed by atoms with Gasteiger partial charge >= 0.3 is 6.09 Å². The Balaban J connectivity index is 1.86. The van der Waals surface area contributed by atoms with E-state index in [-0.39, 0.29) is 24.7 Å². The van der Waals surface area contributed by atoms with E-state index in [2.05, 4.69) is 5.32 Å². The molecule has 8 nitrogen and oxygen atoms in total. The van der Waals surface area contributed by atoms with Crippen LogP contribution in [-0.2, 0) is 11.3 Å². The standard InChI is InChI=1S/C12H14N4O4/c13-11-7-15(6-5-14-11)12(17)20-8-9-1-3-10(4-2-9)16(18)19/h1-4H,5-8H2,(H2,13,14). The molecule has 2 rings (SSSR count). The summed E-state index contributed by atoms with van der Waals surface area (Å²) >= 11 is 0. The highest BCUT2D eigenvalue weighted by Crippen LogP contribution is 2.13. The third-order valence-electron chi connectivity index (χ3n) is 2.84.